The van der Waals surface area contributed by atoms with Crippen LogP contribution in [0.4, 0.5) is 0 Å². The van der Waals surface area contributed by atoms with E-state index in [-0.39, 0.29) is 0 Å². The minimum atomic E-state index is -0.510. The second-order valence-corrected chi connectivity index (χ2v) is 10.3. The van der Waals surface area contributed by atoms with E-state index in [2.05, 4.69) is 88.4 Å². The first-order valence-corrected chi connectivity index (χ1v) is 11.7. The topological polar surface area (TPSA) is 44.5 Å². The first-order chi connectivity index (χ1) is 16.3. The monoisotopic (exact) mass is 445 g/mol. The van der Waals surface area contributed by atoms with Crippen molar-refractivity contribution in [3.05, 3.63) is 72.8 Å². The highest BCUT2D eigenvalue weighted by atomic mass is 16.7. The van der Waals surface area contributed by atoms with Gasteiger partial charge in [0, 0.05) is 5.39 Å². The van der Waals surface area contributed by atoms with Gasteiger partial charge in [0.15, 0.2) is 5.58 Å². The van der Waals surface area contributed by atoms with Gasteiger partial charge in [0.1, 0.15) is 11.1 Å². The SMILES string of the molecule is CC1(C)OB(c2ccc3oc4cc5c6ccccc6c6ccccc6c5cc4c3n2)OC1(C)C. The Kier molecular flexibility index (Phi) is 3.88. The number of fused-ring (bicyclic) bond motifs is 9. The number of aromatic nitrogens is 1. The zero-order valence-electron chi connectivity index (χ0n) is 19.7. The molecular weight excluding hydrogens is 421 g/mol. The molecule has 3 heterocycles. The molecule has 0 amide bonds. The second kappa shape index (κ2) is 6.59. The molecule has 0 unspecified atom stereocenters. The predicted molar refractivity (Wildman–Crippen MR) is 140 cm³/mol. The van der Waals surface area contributed by atoms with Crippen LogP contribution in [0.3, 0.4) is 0 Å². The van der Waals surface area contributed by atoms with E-state index in [9.17, 15) is 0 Å². The lowest BCUT2D eigenvalue weighted by atomic mass is 9.84. The zero-order chi connectivity index (χ0) is 23.2. The third kappa shape index (κ3) is 2.65. The van der Waals surface area contributed by atoms with Crippen molar-refractivity contribution in [2.45, 2.75) is 38.9 Å². The molecule has 7 rings (SSSR count). The smallest absolute Gasteiger partial charge is 0.454 e. The second-order valence-electron chi connectivity index (χ2n) is 10.3. The van der Waals surface area contributed by atoms with E-state index in [1.807, 2.05) is 12.1 Å². The molecule has 1 aliphatic heterocycles. The van der Waals surface area contributed by atoms with Gasteiger partial charge >= 0.3 is 7.12 Å². The summed E-state index contributed by atoms with van der Waals surface area (Å²) in [6, 6.07) is 25.5. The number of benzene rings is 4. The first-order valence-electron chi connectivity index (χ1n) is 11.7. The van der Waals surface area contributed by atoms with Crippen LogP contribution >= 0.6 is 0 Å². The lowest BCUT2D eigenvalue weighted by Gasteiger charge is -2.32. The third-order valence-electron chi connectivity index (χ3n) is 7.69. The molecular formula is C29H24BNO3. The molecule has 0 bridgehead atoms. The van der Waals surface area contributed by atoms with Gasteiger partial charge in [-0.1, -0.05) is 48.5 Å². The summed E-state index contributed by atoms with van der Waals surface area (Å²) in [6.45, 7) is 8.22. The average molecular weight is 445 g/mol. The summed E-state index contributed by atoms with van der Waals surface area (Å²) >= 11 is 0. The van der Waals surface area contributed by atoms with Crippen molar-refractivity contribution >= 4 is 67.1 Å². The number of rotatable bonds is 1. The Morgan fingerprint density at radius 3 is 1.71 bits per heavy atom. The molecule has 0 radical (unpaired) electrons. The molecule has 0 spiro atoms. The van der Waals surface area contributed by atoms with E-state index in [0.717, 1.165) is 27.7 Å². The number of pyridine rings is 1. The summed E-state index contributed by atoms with van der Waals surface area (Å²) in [4.78, 5) is 4.98. The molecule has 166 valence electrons. The maximum Gasteiger partial charge on any atom is 0.514 e. The fourth-order valence-electron chi connectivity index (χ4n) is 5.15. The van der Waals surface area contributed by atoms with Crippen molar-refractivity contribution in [2.75, 3.05) is 0 Å². The van der Waals surface area contributed by atoms with Crippen LogP contribution in [0.15, 0.2) is 77.2 Å². The molecule has 0 N–H and O–H groups in total. The van der Waals surface area contributed by atoms with E-state index in [1.54, 1.807) is 0 Å². The van der Waals surface area contributed by atoms with Crippen molar-refractivity contribution in [3.63, 3.8) is 0 Å². The number of nitrogens with zero attached hydrogens (tertiary/aromatic N) is 1. The van der Waals surface area contributed by atoms with E-state index in [0.29, 0.717) is 0 Å². The van der Waals surface area contributed by atoms with E-state index < -0.39 is 18.3 Å². The van der Waals surface area contributed by atoms with Gasteiger partial charge in [0.25, 0.3) is 0 Å². The van der Waals surface area contributed by atoms with Crippen molar-refractivity contribution in [3.8, 4) is 0 Å². The van der Waals surface area contributed by atoms with Crippen LogP contribution in [-0.4, -0.2) is 23.3 Å². The quantitative estimate of drug-likeness (QED) is 0.208. The van der Waals surface area contributed by atoms with Gasteiger partial charge in [-0.3, -0.25) is 4.98 Å². The number of hydrogen-bond donors (Lipinski definition) is 0. The first kappa shape index (κ1) is 20.0. The highest BCUT2D eigenvalue weighted by Gasteiger charge is 2.52. The van der Waals surface area contributed by atoms with Crippen molar-refractivity contribution in [1.29, 1.82) is 0 Å². The van der Waals surface area contributed by atoms with Gasteiger partial charge in [0.05, 0.1) is 16.8 Å². The van der Waals surface area contributed by atoms with Crippen LogP contribution < -0.4 is 5.59 Å². The Morgan fingerprint density at radius 2 is 1.12 bits per heavy atom. The third-order valence-corrected chi connectivity index (χ3v) is 7.69. The van der Waals surface area contributed by atoms with Crippen LogP contribution in [0.5, 0.6) is 0 Å². The molecule has 0 atom stereocenters. The maximum absolute atomic E-state index is 6.28. The molecule has 5 heteroatoms. The normalized spacial score (nSPS) is 17.6. The van der Waals surface area contributed by atoms with Gasteiger partial charge in [-0.15, -0.1) is 0 Å². The summed E-state index contributed by atoms with van der Waals surface area (Å²) < 4.78 is 18.8. The Balaban J connectivity index is 1.51. The molecule has 4 aromatic carbocycles. The molecule has 34 heavy (non-hydrogen) atoms. The number of hydrogen-bond acceptors (Lipinski definition) is 4. The van der Waals surface area contributed by atoms with Crippen LogP contribution in [0.2, 0.25) is 0 Å². The largest absolute Gasteiger partial charge is 0.514 e. The fraction of sp³-hybridized carbons (Fsp3) is 0.207. The Hall–Kier alpha value is -3.41. The maximum atomic E-state index is 6.28. The van der Waals surface area contributed by atoms with Gasteiger partial charge in [-0.25, -0.2) is 0 Å². The van der Waals surface area contributed by atoms with Crippen LogP contribution in [0, 0.1) is 0 Å². The predicted octanol–water partition coefficient (Wildman–Crippen LogP) is 6.74. The average Bonchev–Trinajstić information content (AvgIpc) is 3.29. The highest BCUT2D eigenvalue weighted by Crippen LogP contribution is 2.40. The summed E-state index contributed by atoms with van der Waals surface area (Å²) in [6.07, 6.45) is 0. The van der Waals surface area contributed by atoms with E-state index >= 15 is 0 Å². The van der Waals surface area contributed by atoms with Gasteiger partial charge in [-0.05, 0) is 84.3 Å². The fourth-order valence-corrected chi connectivity index (χ4v) is 5.15. The summed E-state index contributed by atoms with van der Waals surface area (Å²) in [5, 5.41) is 8.35. The summed E-state index contributed by atoms with van der Waals surface area (Å²) in [7, 11) is -0.510. The molecule has 2 aromatic heterocycles. The van der Waals surface area contributed by atoms with Crippen LogP contribution in [0.1, 0.15) is 27.7 Å². The molecule has 0 aliphatic carbocycles. The van der Waals surface area contributed by atoms with Crippen molar-refractivity contribution < 1.29 is 13.7 Å². The minimum absolute atomic E-state index is 0.414. The molecule has 6 aromatic rings. The van der Waals surface area contributed by atoms with Crippen molar-refractivity contribution in [1.82, 2.24) is 4.98 Å². The van der Waals surface area contributed by atoms with Crippen molar-refractivity contribution in [2.24, 2.45) is 0 Å². The Morgan fingerprint density at radius 1 is 0.588 bits per heavy atom. The van der Waals surface area contributed by atoms with Gasteiger partial charge < -0.3 is 13.7 Å². The standard InChI is InChI=1S/C29H24BNO3/c1-28(2)29(3,4)34-30(33-28)26-14-13-24-27(31-26)23-15-21-19-11-7-5-9-17(19)18-10-6-8-12-20(18)22(21)16-25(23)32-24/h5-16H,1-4H3. The molecule has 1 saturated heterocycles. The summed E-state index contributed by atoms with van der Waals surface area (Å²) in [5.74, 6) is 0. The van der Waals surface area contributed by atoms with Gasteiger partial charge in [0.2, 0.25) is 0 Å². The minimum Gasteiger partial charge on any atom is -0.454 e. The number of furan rings is 1. The molecule has 1 aliphatic rings. The van der Waals surface area contributed by atoms with Gasteiger partial charge in [-0.2, -0.15) is 0 Å². The lowest BCUT2D eigenvalue weighted by Crippen LogP contribution is -2.41. The molecule has 0 saturated carbocycles. The Labute approximate surface area is 197 Å². The van der Waals surface area contributed by atoms with E-state index in [1.165, 1.54) is 32.3 Å². The summed E-state index contributed by atoms with van der Waals surface area (Å²) in [5.41, 5.74) is 2.37. The van der Waals surface area contributed by atoms with Crippen LogP contribution in [-0.2, 0) is 9.31 Å². The molecule has 4 nitrogen and oxygen atoms in total. The highest BCUT2D eigenvalue weighted by molar-refractivity contribution is 6.61. The van der Waals surface area contributed by atoms with Crippen LogP contribution in [0.25, 0.3) is 54.4 Å². The Bertz CT molecular complexity index is 1770. The molecule has 1 fully saturated rings. The lowest BCUT2D eigenvalue weighted by molar-refractivity contribution is 0.00578. The zero-order valence-corrected chi connectivity index (χ0v) is 19.7. The van der Waals surface area contributed by atoms with E-state index in [4.69, 9.17) is 18.7 Å².